The zero-order chi connectivity index (χ0) is 5.71. The summed E-state index contributed by atoms with van der Waals surface area (Å²) in [6.45, 7) is 0. The Morgan fingerprint density at radius 1 is 0.857 bits per heavy atom. The van der Waals surface area contributed by atoms with Crippen LogP contribution in [0.5, 0.6) is 0 Å². The second-order valence-corrected chi connectivity index (χ2v) is 1.59. The van der Waals surface area contributed by atoms with Gasteiger partial charge in [-0.25, -0.2) is 0 Å². The van der Waals surface area contributed by atoms with Gasteiger partial charge >= 0.3 is 11.8 Å². The summed E-state index contributed by atoms with van der Waals surface area (Å²) >= 11 is 0. The number of hydrogen-bond acceptors (Lipinski definition) is 0. The molecule has 0 saturated heterocycles. The molecule has 0 radical (unpaired) electrons. The molecule has 1 saturated carbocycles. The maximum Gasteiger partial charge on any atom is 0.316 e. The van der Waals surface area contributed by atoms with Gasteiger partial charge in [-0.1, -0.05) is 0 Å². The van der Waals surface area contributed by atoms with Gasteiger partial charge in [-0.15, -0.1) is 0 Å². The van der Waals surface area contributed by atoms with Crippen molar-refractivity contribution in [3.05, 3.63) is 0 Å². The Bertz CT molecular complexity index is 83.1. The average molecular weight is 114 g/mol. The Morgan fingerprint density at radius 2 is 1.00 bits per heavy atom. The minimum absolute atomic E-state index is 1.26. The molecule has 0 nitrogen and oxygen atoms in total. The molecule has 4 heteroatoms. The largest absolute Gasteiger partial charge is 0.316 e. The summed E-state index contributed by atoms with van der Waals surface area (Å²) in [6, 6.07) is 0. The maximum atomic E-state index is 11.2. The van der Waals surface area contributed by atoms with Crippen molar-refractivity contribution in [3.8, 4) is 0 Å². The van der Waals surface area contributed by atoms with E-state index in [0.717, 1.165) is 0 Å². The lowest BCUT2D eigenvalue weighted by Gasteiger charge is -1.88. The molecule has 0 unspecified atom stereocenters. The van der Waals surface area contributed by atoms with E-state index in [-0.39, 0.29) is 0 Å². The van der Waals surface area contributed by atoms with Crippen molar-refractivity contribution in [1.29, 1.82) is 0 Å². The molecule has 0 atom stereocenters. The molecular formula is C3H2F4. The molecule has 0 spiro atoms. The highest BCUT2D eigenvalue weighted by atomic mass is 19.3. The predicted molar refractivity (Wildman–Crippen MR) is 14.5 cm³/mol. The molecule has 1 rings (SSSR count). The fraction of sp³-hybridized carbons (Fsp3) is 1.00. The second-order valence-electron chi connectivity index (χ2n) is 1.59. The minimum atomic E-state index is -3.69. The molecule has 0 N–H and O–H groups in total. The molecule has 1 aliphatic rings. The quantitative estimate of drug-likeness (QED) is 0.420. The van der Waals surface area contributed by atoms with Gasteiger partial charge in [-0.3, -0.25) is 0 Å². The van der Waals surface area contributed by atoms with Gasteiger partial charge in [0, 0.05) is 0 Å². The third-order valence-corrected chi connectivity index (χ3v) is 0.854. The normalized spacial score (nSPS) is 32.6. The molecule has 1 aliphatic carbocycles. The van der Waals surface area contributed by atoms with Crippen molar-refractivity contribution >= 4 is 0 Å². The minimum Gasteiger partial charge on any atom is -0.200 e. The van der Waals surface area contributed by atoms with E-state index < -0.39 is 18.3 Å². The summed E-state index contributed by atoms with van der Waals surface area (Å²) in [5.41, 5.74) is 0. The monoisotopic (exact) mass is 114 g/mol. The molecule has 0 amide bonds. The molecule has 1 fully saturated rings. The first-order chi connectivity index (χ1) is 2.96. The van der Waals surface area contributed by atoms with Crippen LogP contribution in [0.2, 0.25) is 0 Å². The summed E-state index contributed by atoms with van der Waals surface area (Å²) in [4.78, 5) is 0. The first-order valence-corrected chi connectivity index (χ1v) is 1.71. The Kier molecular flexibility index (Phi) is 0.548. The van der Waals surface area contributed by atoms with Gasteiger partial charge < -0.3 is 0 Å². The number of rotatable bonds is 0. The average Bonchev–Trinajstić information content (AvgIpc) is 1.63. The van der Waals surface area contributed by atoms with E-state index in [1.807, 2.05) is 0 Å². The standard InChI is InChI=1S/C3H2F4/c4-2(5)1-3(2,6)7/h1H2. The van der Waals surface area contributed by atoms with Gasteiger partial charge in [-0.2, -0.15) is 17.6 Å². The summed E-state index contributed by atoms with van der Waals surface area (Å²) in [5, 5.41) is 0. The molecule has 7 heavy (non-hydrogen) atoms. The lowest BCUT2D eigenvalue weighted by atomic mass is 10.8. The van der Waals surface area contributed by atoms with Crippen molar-refractivity contribution in [2.75, 3.05) is 0 Å². The van der Waals surface area contributed by atoms with Crippen molar-refractivity contribution in [2.24, 2.45) is 0 Å². The van der Waals surface area contributed by atoms with Crippen LogP contribution in [0.25, 0.3) is 0 Å². The summed E-state index contributed by atoms with van der Waals surface area (Å²) in [7, 11) is 0. The Hall–Kier alpha value is -0.280. The van der Waals surface area contributed by atoms with Crippen LogP contribution in [0, 0.1) is 0 Å². The highest BCUT2D eigenvalue weighted by molar-refractivity contribution is 5.03. The predicted octanol–water partition coefficient (Wildman–Crippen LogP) is 1.66. The van der Waals surface area contributed by atoms with Crippen LogP contribution in [-0.4, -0.2) is 11.8 Å². The topological polar surface area (TPSA) is 0 Å². The first-order valence-electron chi connectivity index (χ1n) is 1.71. The van der Waals surface area contributed by atoms with Gasteiger partial charge in [0.05, 0.1) is 6.42 Å². The van der Waals surface area contributed by atoms with E-state index in [1.165, 1.54) is 0 Å². The van der Waals surface area contributed by atoms with Crippen molar-refractivity contribution < 1.29 is 17.6 Å². The van der Waals surface area contributed by atoms with Crippen LogP contribution in [0.3, 0.4) is 0 Å². The van der Waals surface area contributed by atoms with Crippen LogP contribution in [0.1, 0.15) is 6.42 Å². The van der Waals surface area contributed by atoms with Gasteiger partial charge in [0.25, 0.3) is 0 Å². The van der Waals surface area contributed by atoms with Gasteiger partial charge in [0.1, 0.15) is 0 Å². The molecule has 0 aromatic rings. The fourth-order valence-corrected chi connectivity index (χ4v) is 0.235. The van der Waals surface area contributed by atoms with E-state index >= 15 is 0 Å². The molecule has 0 bridgehead atoms. The SMILES string of the molecule is FC1(F)CC1(F)F. The number of alkyl halides is 4. The Morgan fingerprint density at radius 3 is 1.00 bits per heavy atom. The molecule has 42 valence electrons. The third-order valence-electron chi connectivity index (χ3n) is 0.854. The van der Waals surface area contributed by atoms with Crippen LogP contribution in [-0.2, 0) is 0 Å². The molecular weight excluding hydrogens is 112 g/mol. The van der Waals surface area contributed by atoms with Gasteiger partial charge in [-0.05, 0) is 0 Å². The molecule has 0 heterocycles. The highest BCUT2D eigenvalue weighted by Crippen LogP contribution is 2.56. The van der Waals surface area contributed by atoms with E-state index in [9.17, 15) is 17.6 Å². The van der Waals surface area contributed by atoms with E-state index in [0.29, 0.717) is 0 Å². The van der Waals surface area contributed by atoms with Crippen LogP contribution in [0.4, 0.5) is 17.6 Å². The maximum absolute atomic E-state index is 11.2. The third kappa shape index (κ3) is 0.489. The van der Waals surface area contributed by atoms with Crippen molar-refractivity contribution in [1.82, 2.24) is 0 Å². The van der Waals surface area contributed by atoms with E-state index in [2.05, 4.69) is 0 Å². The lowest BCUT2D eigenvalue weighted by Crippen LogP contribution is -2.02. The summed E-state index contributed by atoms with van der Waals surface area (Å²) in [6.07, 6.45) is -1.26. The molecule has 0 aromatic carbocycles. The number of halogens is 4. The first kappa shape index (κ1) is 4.87. The second kappa shape index (κ2) is 0.788. The zero-order valence-electron chi connectivity index (χ0n) is 3.22. The molecule has 0 aliphatic heterocycles. The smallest absolute Gasteiger partial charge is 0.200 e. The van der Waals surface area contributed by atoms with Gasteiger partial charge in [0.2, 0.25) is 0 Å². The Labute approximate surface area is 37.1 Å². The van der Waals surface area contributed by atoms with Gasteiger partial charge in [0.15, 0.2) is 0 Å². The highest BCUT2D eigenvalue weighted by Gasteiger charge is 2.75. The Balaban J connectivity index is 2.59. The van der Waals surface area contributed by atoms with Crippen LogP contribution in [0.15, 0.2) is 0 Å². The van der Waals surface area contributed by atoms with Crippen LogP contribution < -0.4 is 0 Å². The zero-order valence-corrected chi connectivity index (χ0v) is 3.22. The van der Waals surface area contributed by atoms with Crippen molar-refractivity contribution in [3.63, 3.8) is 0 Å². The summed E-state index contributed by atoms with van der Waals surface area (Å²) < 4.78 is 44.6. The fourth-order valence-electron chi connectivity index (χ4n) is 0.235. The lowest BCUT2D eigenvalue weighted by molar-refractivity contribution is -0.0278. The van der Waals surface area contributed by atoms with Crippen LogP contribution >= 0.6 is 0 Å². The van der Waals surface area contributed by atoms with Crippen molar-refractivity contribution in [2.45, 2.75) is 18.3 Å². The summed E-state index contributed by atoms with van der Waals surface area (Å²) in [5.74, 6) is -7.38. The van der Waals surface area contributed by atoms with E-state index in [4.69, 9.17) is 0 Å². The van der Waals surface area contributed by atoms with E-state index in [1.54, 1.807) is 0 Å². The number of hydrogen-bond donors (Lipinski definition) is 0. The molecule has 0 aromatic heterocycles.